The van der Waals surface area contributed by atoms with Gasteiger partial charge >= 0.3 is 5.97 Å². The summed E-state index contributed by atoms with van der Waals surface area (Å²) in [6.07, 6.45) is 0. The molecule has 0 bridgehead atoms. The highest BCUT2D eigenvalue weighted by Crippen LogP contribution is 2.26. The Morgan fingerprint density at radius 3 is 2.50 bits per heavy atom. The molecule has 1 aromatic heterocycles. The minimum Gasteiger partial charge on any atom is -0.475 e. The number of hydrogen-bond donors (Lipinski definition) is 2. The number of nitrogens with one attached hydrogen (secondary N) is 1. The lowest BCUT2D eigenvalue weighted by Crippen LogP contribution is -2.22. The van der Waals surface area contributed by atoms with Gasteiger partial charge in [0.2, 0.25) is 5.76 Å². The molecule has 0 aliphatic carbocycles. The molecule has 1 unspecified atom stereocenters. The maximum Gasteiger partial charge on any atom is 0.371 e. The summed E-state index contributed by atoms with van der Waals surface area (Å²) < 4.78 is 6.34. The zero-order valence-corrected chi connectivity index (χ0v) is 12.8. The Morgan fingerprint density at radius 1 is 1.20 bits per heavy atom. The molecule has 0 amide bonds. The van der Waals surface area contributed by atoms with Crippen LogP contribution < -0.4 is 5.32 Å². The number of aromatic carboxylic acids is 1. The molecule has 2 rings (SSSR count). The molecular formula is C15H16BrNO3. The fourth-order valence-corrected chi connectivity index (χ4v) is 2.70. The molecule has 0 saturated heterocycles. The van der Waals surface area contributed by atoms with Crippen LogP contribution in [-0.4, -0.2) is 11.1 Å². The molecule has 2 aromatic rings. The number of benzene rings is 1. The zero-order valence-electron chi connectivity index (χ0n) is 11.3. The van der Waals surface area contributed by atoms with Crippen molar-refractivity contribution in [1.29, 1.82) is 0 Å². The number of rotatable bonds is 5. The minimum atomic E-state index is -1.05. The Morgan fingerprint density at radius 2 is 1.90 bits per heavy atom. The van der Waals surface area contributed by atoms with E-state index < -0.39 is 5.97 Å². The van der Waals surface area contributed by atoms with Crippen molar-refractivity contribution in [3.05, 3.63) is 58.0 Å². The highest BCUT2D eigenvalue weighted by molar-refractivity contribution is 9.10. The van der Waals surface area contributed by atoms with Gasteiger partial charge in [-0.25, -0.2) is 4.79 Å². The van der Waals surface area contributed by atoms with Gasteiger partial charge in [-0.1, -0.05) is 34.1 Å². The fraction of sp³-hybridized carbons (Fsp3) is 0.267. The molecule has 0 spiro atoms. The zero-order chi connectivity index (χ0) is 14.7. The van der Waals surface area contributed by atoms with Crippen LogP contribution in [0, 0.1) is 0 Å². The first-order valence-electron chi connectivity index (χ1n) is 6.32. The third-order valence-electron chi connectivity index (χ3n) is 3.14. The number of carboxylic acids is 1. The Hall–Kier alpha value is -1.59. The molecule has 0 aliphatic rings. The van der Waals surface area contributed by atoms with Crippen LogP contribution in [0.25, 0.3) is 0 Å². The van der Waals surface area contributed by atoms with Gasteiger partial charge in [0.1, 0.15) is 5.76 Å². The smallest absolute Gasteiger partial charge is 0.371 e. The molecule has 20 heavy (non-hydrogen) atoms. The molecule has 2 atom stereocenters. The van der Waals surface area contributed by atoms with E-state index in [0.29, 0.717) is 5.76 Å². The van der Waals surface area contributed by atoms with Crippen molar-refractivity contribution in [1.82, 2.24) is 5.32 Å². The van der Waals surface area contributed by atoms with Crippen molar-refractivity contribution in [2.24, 2.45) is 0 Å². The summed E-state index contributed by atoms with van der Waals surface area (Å²) in [5.41, 5.74) is 1.14. The topological polar surface area (TPSA) is 62.5 Å². The van der Waals surface area contributed by atoms with Crippen molar-refractivity contribution in [3.63, 3.8) is 0 Å². The molecule has 0 saturated carbocycles. The van der Waals surface area contributed by atoms with Crippen molar-refractivity contribution in [3.8, 4) is 0 Å². The van der Waals surface area contributed by atoms with Crippen molar-refractivity contribution in [2.75, 3.05) is 0 Å². The van der Waals surface area contributed by atoms with Crippen molar-refractivity contribution >= 4 is 21.9 Å². The number of carboxylic acid groups (broad SMARTS) is 1. The number of hydrogen-bond acceptors (Lipinski definition) is 3. The van der Waals surface area contributed by atoms with Crippen LogP contribution in [0.5, 0.6) is 0 Å². The summed E-state index contributed by atoms with van der Waals surface area (Å²) in [5.74, 6) is -0.481. The molecule has 0 radical (unpaired) electrons. The van der Waals surface area contributed by atoms with Crippen LogP contribution in [0.1, 0.15) is 47.8 Å². The lowest BCUT2D eigenvalue weighted by Gasteiger charge is -2.20. The number of furan rings is 1. The van der Waals surface area contributed by atoms with Gasteiger partial charge in [-0.15, -0.1) is 0 Å². The van der Waals surface area contributed by atoms with E-state index >= 15 is 0 Å². The molecular weight excluding hydrogens is 322 g/mol. The van der Waals surface area contributed by atoms with Gasteiger partial charge in [0.25, 0.3) is 0 Å². The molecule has 5 heteroatoms. The maximum atomic E-state index is 10.8. The SMILES string of the molecule is CC(N[C@H](C)c1ccccc1Br)c1ccc(C(=O)O)o1. The summed E-state index contributed by atoms with van der Waals surface area (Å²) in [6, 6.07) is 11.2. The molecule has 106 valence electrons. The summed E-state index contributed by atoms with van der Waals surface area (Å²) >= 11 is 3.53. The predicted octanol–water partition coefficient (Wildman–Crippen LogP) is 4.15. The van der Waals surface area contributed by atoms with Crippen LogP contribution in [0.4, 0.5) is 0 Å². The van der Waals surface area contributed by atoms with Crippen LogP contribution in [0.3, 0.4) is 0 Å². The summed E-state index contributed by atoms with van der Waals surface area (Å²) in [4.78, 5) is 10.8. The summed E-state index contributed by atoms with van der Waals surface area (Å²) in [5, 5.41) is 12.2. The molecule has 4 nitrogen and oxygen atoms in total. The molecule has 1 heterocycles. The molecule has 0 aliphatic heterocycles. The Balaban J connectivity index is 2.09. The van der Waals surface area contributed by atoms with Crippen molar-refractivity contribution in [2.45, 2.75) is 25.9 Å². The van der Waals surface area contributed by atoms with Gasteiger partial charge in [-0.3, -0.25) is 0 Å². The first kappa shape index (κ1) is 14.8. The summed E-state index contributed by atoms with van der Waals surface area (Å²) in [7, 11) is 0. The van der Waals surface area contributed by atoms with E-state index in [9.17, 15) is 4.79 Å². The van der Waals surface area contributed by atoms with Crippen LogP contribution >= 0.6 is 15.9 Å². The Labute approximate surface area is 125 Å². The first-order chi connectivity index (χ1) is 9.49. The van der Waals surface area contributed by atoms with Crippen molar-refractivity contribution < 1.29 is 14.3 Å². The van der Waals surface area contributed by atoms with Crippen LogP contribution in [-0.2, 0) is 0 Å². The van der Waals surface area contributed by atoms with Crippen LogP contribution in [0.15, 0.2) is 45.3 Å². The number of carbonyl (C=O) groups is 1. The average Bonchev–Trinajstić information content (AvgIpc) is 2.88. The quantitative estimate of drug-likeness (QED) is 0.860. The fourth-order valence-electron chi connectivity index (χ4n) is 2.07. The van der Waals surface area contributed by atoms with E-state index in [4.69, 9.17) is 9.52 Å². The lowest BCUT2D eigenvalue weighted by atomic mass is 10.1. The third kappa shape index (κ3) is 3.29. The van der Waals surface area contributed by atoms with E-state index in [-0.39, 0.29) is 17.8 Å². The Bertz CT molecular complexity index is 609. The average molecular weight is 338 g/mol. The van der Waals surface area contributed by atoms with Gasteiger partial charge in [0, 0.05) is 10.5 Å². The van der Waals surface area contributed by atoms with Gasteiger partial charge in [-0.05, 0) is 37.6 Å². The van der Waals surface area contributed by atoms with E-state index in [1.807, 2.05) is 31.2 Å². The largest absolute Gasteiger partial charge is 0.475 e. The second-order valence-electron chi connectivity index (χ2n) is 4.64. The van der Waals surface area contributed by atoms with Crippen LogP contribution in [0.2, 0.25) is 0 Å². The highest BCUT2D eigenvalue weighted by Gasteiger charge is 2.17. The van der Waals surface area contributed by atoms with Gasteiger partial charge in [0.05, 0.1) is 6.04 Å². The first-order valence-corrected chi connectivity index (χ1v) is 7.12. The minimum absolute atomic E-state index is 0.0396. The Kier molecular flexibility index (Phi) is 4.62. The normalized spacial score (nSPS) is 13.9. The monoisotopic (exact) mass is 337 g/mol. The maximum absolute atomic E-state index is 10.8. The standard InChI is InChI=1S/C15H16BrNO3/c1-9(11-5-3-4-6-12(11)16)17-10(2)13-7-8-14(20-13)15(18)19/h3-10,17H,1-2H3,(H,18,19)/t9-,10?/m1/s1. The van der Waals surface area contributed by atoms with Gasteiger partial charge in [-0.2, -0.15) is 0 Å². The molecule has 2 N–H and O–H groups in total. The van der Waals surface area contributed by atoms with E-state index in [2.05, 4.69) is 28.2 Å². The molecule has 1 aromatic carbocycles. The summed E-state index contributed by atoms with van der Waals surface area (Å²) in [6.45, 7) is 4.00. The lowest BCUT2D eigenvalue weighted by molar-refractivity contribution is 0.0659. The molecule has 0 fully saturated rings. The van der Waals surface area contributed by atoms with Gasteiger partial charge < -0.3 is 14.8 Å². The van der Waals surface area contributed by atoms with E-state index in [1.165, 1.54) is 6.07 Å². The highest BCUT2D eigenvalue weighted by atomic mass is 79.9. The second kappa shape index (κ2) is 6.24. The van der Waals surface area contributed by atoms with Gasteiger partial charge in [0.15, 0.2) is 0 Å². The van der Waals surface area contributed by atoms with E-state index in [1.54, 1.807) is 6.07 Å². The predicted molar refractivity (Wildman–Crippen MR) is 79.8 cm³/mol. The number of halogens is 1. The second-order valence-corrected chi connectivity index (χ2v) is 5.49. The third-order valence-corrected chi connectivity index (χ3v) is 3.86. The van der Waals surface area contributed by atoms with E-state index in [0.717, 1.165) is 10.0 Å².